The molecular weight excluding hydrogens is 312 g/mol. The molecular formula is C14H11ClF4S. The van der Waals surface area contributed by atoms with Crippen LogP contribution in [-0.4, -0.2) is 0 Å². The third-order valence-electron chi connectivity index (χ3n) is 2.92. The van der Waals surface area contributed by atoms with E-state index in [0.29, 0.717) is 4.88 Å². The zero-order chi connectivity index (χ0) is 15.1. The van der Waals surface area contributed by atoms with Gasteiger partial charge in [0.05, 0.1) is 10.9 Å². The van der Waals surface area contributed by atoms with Gasteiger partial charge in [-0.15, -0.1) is 22.9 Å². The molecule has 1 atom stereocenters. The molecule has 1 aromatic heterocycles. The minimum Gasteiger partial charge on any atom is -0.206 e. The lowest BCUT2D eigenvalue weighted by Gasteiger charge is -2.14. The van der Waals surface area contributed by atoms with Gasteiger partial charge in [-0.1, -0.05) is 12.1 Å². The maximum Gasteiger partial charge on any atom is 0.419 e. The Morgan fingerprint density at radius 1 is 1.20 bits per heavy atom. The van der Waals surface area contributed by atoms with Crippen LogP contribution in [0.3, 0.4) is 0 Å². The molecule has 0 spiro atoms. The van der Waals surface area contributed by atoms with Gasteiger partial charge >= 0.3 is 6.18 Å². The quantitative estimate of drug-likeness (QED) is 0.480. The smallest absolute Gasteiger partial charge is 0.206 e. The van der Waals surface area contributed by atoms with Crippen LogP contribution in [0.4, 0.5) is 17.6 Å². The van der Waals surface area contributed by atoms with E-state index in [-0.39, 0.29) is 5.56 Å². The van der Waals surface area contributed by atoms with E-state index in [2.05, 4.69) is 0 Å². The second-order valence-corrected chi connectivity index (χ2v) is 6.20. The summed E-state index contributed by atoms with van der Waals surface area (Å²) in [6.07, 6.45) is -4.73. The van der Waals surface area contributed by atoms with Gasteiger partial charge in [-0.2, -0.15) is 13.2 Å². The highest BCUT2D eigenvalue weighted by Crippen LogP contribution is 2.40. The summed E-state index contributed by atoms with van der Waals surface area (Å²) in [5.41, 5.74) is -0.581. The Kier molecular flexibility index (Phi) is 4.12. The van der Waals surface area contributed by atoms with Gasteiger partial charge < -0.3 is 0 Å². The molecule has 0 amide bonds. The number of benzene rings is 1. The minimum absolute atomic E-state index is 0.147. The van der Waals surface area contributed by atoms with E-state index in [1.54, 1.807) is 6.92 Å². The fourth-order valence-electron chi connectivity index (χ4n) is 2.02. The molecule has 0 nitrogen and oxygen atoms in total. The Bertz CT molecular complexity index is 631. The molecule has 6 heteroatoms. The first kappa shape index (κ1) is 15.3. The summed E-state index contributed by atoms with van der Waals surface area (Å²) in [5, 5.41) is -0.920. The number of rotatable bonds is 2. The molecule has 2 aromatic rings. The first-order valence-electron chi connectivity index (χ1n) is 5.78. The zero-order valence-electron chi connectivity index (χ0n) is 10.7. The third-order valence-corrected chi connectivity index (χ3v) is 4.72. The Balaban J connectivity index is 2.51. The van der Waals surface area contributed by atoms with Gasteiger partial charge in [0.25, 0.3) is 0 Å². The van der Waals surface area contributed by atoms with Crippen molar-refractivity contribution in [1.29, 1.82) is 0 Å². The number of hydrogen-bond acceptors (Lipinski definition) is 1. The predicted molar refractivity (Wildman–Crippen MR) is 72.9 cm³/mol. The lowest BCUT2D eigenvalue weighted by atomic mass is 10.0. The van der Waals surface area contributed by atoms with Crippen LogP contribution in [0.5, 0.6) is 0 Å². The van der Waals surface area contributed by atoms with Crippen molar-refractivity contribution in [2.75, 3.05) is 0 Å². The highest BCUT2D eigenvalue weighted by atomic mass is 35.5. The van der Waals surface area contributed by atoms with Crippen molar-refractivity contribution >= 4 is 22.9 Å². The van der Waals surface area contributed by atoms with Gasteiger partial charge in [-0.05, 0) is 31.5 Å². The van der Waals surface area contributed by atoms with Gasteiger partial charge in [0.15, 0.2) is 0 Å². The molecule has 0 bridgehead atoms. The third kappa shape index (κ3) is 2.83. The van der Waals surface area contributed by atoms with E-state index in [4.69, 9.17) is 11.6 Å². The molecule has 0 aliphatic heterocycles. The van der Waals surface area contributed by atoms with Crippen molar-refractivity contribution in [3.8, 4) is 0 Å². The summed E-state index contributed by atoms with van der Waals surface area (Å²) in [5.74, 6) is -1.30. The molecule has 0 fully saturated rings. The Morgan fingerprint density at radius 3 is 2.35 bits per heavy atom. The average Bonchev–Trinajstić information content (AvgIpc) is 2.66. The lowest BCUT2D eigenvalue weighted by molar-refractivity contribution is -0.140. The Hall–Kier alpha value is -1.07. The Labute approximate surface area is 123 Å². The molecule has 0 aliphatic carbocycles. The first-order valence-corrected chi connectivity index (χ1v) is 7.03. The van der Waals surface area contributed by atoms with Crippen molar-refractivity contribution in [3.05, 3.63) is 56.5 Å². The van der Waals surface area contributed by atoms with E-state index in [1.165, 1.54) is 23.5 Å². The van der Waals surface area contributed by atoms with Crippen molar-refractivity contribution in [3.63, 3.8) is 0 Å². The van der Waals surface area contributed by atoms with Crippen LogP contribution in [0.25, 0.3) is 0 Å². The van der Waals surface area contributed by atoms with Gasteiger partial charge in [-0.3, -0.25) is 0 Å². The fraction of sp³-hybridized carbons (Fsp3) is 0.286. The van der Waals surface area contributed by atoms with Crippen LogP contribution in [0, 0.1) is 19.7 Å². The molecule has 1 heterocycles. The fourth-order valence-corrected chi connectivity index (χ4v) is 3.52. The molecule has 1 aromatic carbocycles. The predicted octanol–water partition coefficient (Wildman–Crippen LogP) is 5.85. The van der Waals surface area contributed by atoms with Crippen molar-refractivity contribution < 1.29 is 17.6 Å². The molecule has 2 rings (SSSR count). The van der Waals surface area contributed by atoms with Crippen LogP contribution >= 0.6 is 22.9 Å². The number of alkyl halides is 4. The van der Waals surface area contributed by atoms with Gasteiger partial charge in [-0.25, -0.2) is 4.39 Å². The first-order chi connectivity index (χ1) is 9.21. The molecule has 1 unspecified atom stereocenters. The summed E-state index contributed by atoms with van der Waals surface area (Å²) < 4.78 is 52.1. The topological polar surface area (TPSA) is 0 Å². The van der Waals surface area contributed by atoms with Crippen molar-refractivity contribution in [2.45, 2.75) is 25.4 Å². The molecule has 0 N–H and O–H groups in total. The normalized spacial score (nSPS) is 13.6. The van der Waals surface area contributed by atoms with E-state index >= 15 is 0 Å². The van der Waals surface area contributed by atoms with Crippen LogP contribution in [0.15, 0.2) is 24.3 Å². The molecule has 0 saturated carbocycles. The molecule has 0 radical (unpaired) electrons. The van der Waals surface area contributed by atoms with Gasteiger partial charge in [0.1, 0.15) is 5.82 Å². The molecule has 0 aliphatic rings. The summed E-state index contributed by atoms with van der Waals surface area (Å²) in [6, 6.07) is 5.05. The Morgan fingerprint density at radius 2 is 1.85 bits per heavy atom. The number of hydrogen-bond donors (Lipinski definition) is 0. The molecule has 108 valence electrons. The largest absolute Gasteiger partial charge is 0.419 e. The highest BCUT2D eigenvalue weighted by Gasteiger charge is 2.36. The SMILES string of the molecule is Cc1cc(C)c(C(Cl)c2cccc(C(F)(F)F)c2F)s1. The summed E-state index contributed by atoms with van der Waals surface area (Å²) in [7, 11) is 0. The number of aryl methyl sites for hydroxylation is 2. The van der Waals surface area contributed by atoms with Gasteiger partial charge in [0, 0.05) is 15.3 Å². The zero-order valence-corrected chi connectivity index (χ0v) is 12.3. The summed E-state index contributed by atoms with van der Waals surface area (Å²) >= 11 is 7.54. The van der Waals surface area contributed by atoms with Crippen molar-refractivity contribution in [1.82, 2.24) is 0 Å². The maximum atomic E-state index is 14.0. The monoisotopic (exact) mass is 322 g/mol. The highest BCUT2D eigenvalue weighted by molar-refractivity contribution is 7.12. The van der Waals surface area contributed by atoms with E-state index in [9.17, 15) is 17.6 Å². The van der Waals surface area contributed by atoms with Crippen LogP contribution < -0.4 is 0 Å². The van der Waals surface area contributed by atoms with Gasteiger partial charge in [0.2, 0.25) is 0 Å². The number of thiophene rings is 1. The lowest BCUT2D eigenvalue weighted by Crippen LogP contribution is -2.10. The minimum atomic E-state index is -4.73. The van der Waals surface area contributed by atoms with Crippen molar-refractivity contribution in [2.24, 2.45) is 0 Å². The molecule has 20 heavy (non-hydrogen) atoms. The van der Waals surface area contributed by atoms with E-state index < -0.39 is 22.9 Å². The summed E-state index contributed by atoms with van der Waals surface area (Å²) in [4.78, 5) is 1.65. The summed E-state index contributed by atoms with van der Waals surface area (Å²) in [6.45, 7) is 3.67. The molecule has 0 saturated heterocycles. The van der Waals surface area contributed by atoms with E-state index in [1.807, 2.05) is 13.0 Å². The maximum absolute atomic E-state index is 14.0. The average molecular weight is 323 g/mol. The second-order valence-electron chi connectivity index (χ2n) is 4.47. The van der Waals surface area contributed by atoms with Crippen LogP contribution in [0.1, 0.15) is 31.8 Å². The van der Waals surface area contributed by atoms with Crippen LogP contribution in [0.2, 0.25) is 0 Å². The van der Waals surface area contributed by atoms with Crippen LogP contribution in [-0.2, 0) is 6.18 Å². The number of halogens is 5. The standard InChI is InChI=1S/C14H11ClF4S/c1-7-6-8(2)20-13(7)11(15)9-4-3-5-10(12(9)16)14(17,18)19/h3-6,11H,1-2H3. The second kappa shape index (κ2) is 5.37. The van der Waals surface area contributed by atoms with E-state index in [0.717, 1.165) is 16.5 Å².